The van der Waals surface area contributed by atoms with Crippen molar-refractivity contribution in [3.8, 4) is 11.3 Å². The molecule has 2 amide bonds. The quantitative estimate of drug-likeness (QED) is 0.409. The van der Waals surface area contributed by atoms with Crippen LogP contribution in [0.15, 0.2) is 59.7 Å². The SMILES string of the molecule is CN[C@@H]1CCN(C(=O)N2CC[C@@H](Cn3cnc(-c4ccccc4F)cc3=O)C3(CCCC3)C2)[C@H](c2cccc(F)c2F)C1. The Labute approximate surface area is 249 Å². The van der Waals surface area contributed by atoms with Gasteiger partial charge in [0.1, 0.15) is 5.82 Å². The third kappa shape index (κ3) is 5.69. The lowest BCUT2D eigenvalue weighted by atomic mass is 9.69. The highest BCUT2D eigenvalue weighted by Gasteiger charge is 2.48. The molecule has 0 bridgehead atoms. The molecule has 3 aromatic rings. The van der Waals surface area contributed by atoms with Gasteiger partial charge in [0.05, 0.1) is 18.1 Å². The number of hydrogen-bond acceptors (Lipinski definition) is 4. The van der Waals surface area contributed by atoms with Crippen LogP contribution < -0.4 is 10.9 Å². The predicted molar refractivity (Wildman–Crippen MR) is 158 cm³/mol. The Kier molecular flexibility index (Phi) is 8.31. The van der Waals surface area contributed by atoms with Crippen molar-refractivity contribution in [2.45, 2.75) is 63.6 Å². The maximum absolute atomic E-state index is 15.0. The van der Waals surface area contributed by atoms with Gasteiger partial charge in [0.2, 0.25) is 0 Å². The fraction of sp³-hybridized carbons (Fsp3) is 0.485. The third-order valence-electron chi connectivity index (χ3n) is 10.0. The summed E-state index contributed by atoms with van der Waals surface area (Å²) in [6.45, 7) is 2.02. The number of nitrogens with one attached hydrogen (secondary N) is 1. The number of aromatic nitrogens is 2. The average Bonchev–Trinajstić information content (AvgIpc) is 3.48. The van der Waals surface area contributed by atoms with Crippen LogP contribution in [0.1, 0.15) is 56.6 Å². The second kappa shape index (κ2) is 12.1. The highest BCUT2D eigenvalue weighted by Crippen LogP contribution is 2.49. The highest BCUT2D eigenvalue weighted by molar-refractivity contribution is 5.75. The van der Waals surface area contributed by atoms with Gasteiger partial charge < -0.3 is 15.1 Å². The molecule has 1 spiro atoms. The van der Waals surface area contributed by atoms with Crippen LogP contribution in [0.5, 0.6) is 0 Å². The fourth-order valence-corrected chi connectivity index (χ4v) is 7.63. The first-order chi connectivity index (χ1) is 20.8. The summed E-state index contributed by atoms with van der Waals surface area (Å²) in [6.07, 6.45) is 7.50. The molecule has 2 aromatic carbocycles. The minimum atomic E-state index is -0.908. The van der Waals surface area contributed by atoms with E-state index in [1.54, 1.807) is 33.7 Å². The van der Waals surface area contributed by atoms with Crippen molar-refractivity contribution in [3.05, 3.63) is 88.2 Å². The number of amides is 2. The molecule has 2 saturated heterocycles. The summed E-state index contributed by atoms with van der Waals surface area (Å²) in [5.41, 5.74) is 0.444. The lowest BCUT2D eigenvalue weighted by molar-refractivity contribution is 0.0205. The molecule has 10 heteroatoms. The molecular formula is C33H38F3N5O2. The lowest BCUT2D eigenvalue weighted by Crippen LogP contribution is -2.57. The van der Waals surface area contributed by atoms with E-state index in [4.69, 9.17) is 0 Å². The van der Waals surface area contributed by atoms with Crippen molar-refractivity contribution in [3.63, 3.8) is 0 Å². The van der Waals surface area contributed by atoms with Crippen LogP contribution in [0.2, 0.25) is 0 Å². The molecule has 228 valence electrons. The van der Waals surface area contributed by atoms with Gasteiger partial charge in [-0.05, 0) is 68.7 Å². The molecule has 3 fully saturated rings. The van der Waals surface area contributed by atoms with Gasteiger partial charge in [-0.15, -0.1) is 0 Å². The van der Waals surface area contributed by atoms with Crippen molar-refractivity contribution in [2.24, 2.45) is 11.3 Å². The van der Waals surface area contributed by atoms with Crippen molar-refractivity contribution >= 4 is 6.03 Å². The van der Waals surface area contributed by atoms with E-state index in [0.29, 0.717) is 43.9 Å². The smallest absolute Gasteiger partial charge is 0.320 e. The number of carbonyl (C=O) groups is 1. The van der Waals surface area contributed by atoms with Gasteiger partial charge in [0.25, 0.3) is 5.56 Å². The number of carbonyl (C=O) groups excluding carboxylic acids is 1. The van der Waals surface area contributed by atoms with Crippen molar-refractivity contribution in [2.75, 3.05) is 26.7 Å². The van der Waals surface area contributed by atoms with Gasteiger partial charge in [0.15, 0.2) is 11.6 Å². The van der Waals surface area contributed by atoms with E-state index in [-0.39, 0.29) is 34.5 Å². The molecule has 6 rings (SSSR count). The molecule has 2 aliphatic heterocycles. The van der Waals surface area contributed by atoms with Crippen LogP contribution >= 0.6 is 0 Å². The summed E-state index contributed by atoms with van der Waals surface area (Å²) < 4.78 is 45.1. The molecule has 43 heavy (non-hydrogen) atoms. The van der Waals surface area contributed by atoms with Crippen LogP contribution in [-0.2, 0) is 6.54 Å². The van der Waals surface area contributed by atoms with Gasteiger partial charge >= 0.3 is 6.03 Å². The number of likely N-dealkylation sites (tertiary alicyclic amines) is 2. The van der Waals surface area contributed by atoms with E-state index in [0.717, 1.165) is 44.6 Å². The second-order valence-electron chi connectivity index (χ2n) is 12.4. The largest absolute Gasteiger partial charge is 0.324 e. The van der Waals surface area contributed by atoms with E-state index in [2.05, 4.69) is 10.3 Å². The topological polar surface area (TPSA) is 70.5 Å². The van der Waals surface area contributed by atoms with Crippen molar-refractivity contribution in [1.82, 2.24) is 24.7 Å². The number of hydrogen-bond donors (Lipinski definition) is 1. The molecule has 0 radical (unpaired) electrons. The van der Waals surface area contributed by atoms with Gasteiger partial charge in [-0.25, -0.2) is 22.9 Å². The number of benzene rings is 2. The zero-order valence-corrected chi connectivity index (χ0v) is 24.4. The summed E-state index contributed by atoms with van der Waals surface area (Å²) in [5.74, 6) is -2.06. The fourth-order valence-electron chi connectivity index (χ4n) is 7.63. The minimum absolute atomic E-state index is 0.0975. The van der Waals surface area contributed by atoms with Crippen LogP contribution in [0.4, 0.5) is 18.0 Å². The number of urea groups is 1. The first-order valence-electron chi connectivity index (χ1n) is 15.3. The van der Waals surface area contributed by atoms with Crippen molar-refractivity contribution in [1.29, 1.82) is 0 Å². The normalized spacial score (nSPS) is 23.6. The Morgan fingerprint density at radius 1 is 1.02 bits per heavy atom. The summed E-state index contributed by atoms with van der Waals surface area (Å²) in [4.78, 5) is 35.3. The zero-order chi connectivity index (χ0) is 30.1. The Hall–Kier alpha value is -3.66. The Morgan fingerprint density at radius 3 is 2.53 bits per heavy atom. The van der Waals surface area contributed by atoms with E-state index in [1.165, 1.54) is 24.5 Å². The molecule has 3 aliphatic rings. The lowest BCUT2D eigenvalue weighted by Gasteiger charge is -2.49. The number of piperidine rings is 2. The number of rotatable bonds is 5. The maximum atomic E-state index is 15.0. The molecule has 1 saturated carbocycles. The Bertz CT molecular complexity index is 1540. The van der Waals surface area contributed by atoms with E-state index in [1.807, 2.05) is 11.9 Å². The van der Waals surface area contributed by atoms with Crippen molar-refractivity contribution < 1.29 is 18.0 Å². The molecule has 1 N–H and O–H groups in total. The number of nitrogens with zero attached hydrogens (tertiary/aromatic N) is 4. The van der Waals surface area contributed by atoms with E-state index >= 15 is 0 Å². The molecule has 3 heterocycles. The summed E-state index contributed by atoms with van der Waals surface area (Å²) in [7, 11) is 1.85. The predicted octanol–water partition coefficient (Wildman–Crippen LogP) is 5.76. The second-order valence-corrected chi connectivity index (χ2v) is 12.4. The first kappa shape index (κ1) is 29.4. The maximum Gasteiger partial charge on any atom is 0.320 e. The van der Waals surface area contributed by atoms with Crippen LogP contribution in [0, 0.1) is 28.8 Å². The standard InChI is InChI=1S/C33H38F3N5O2/c1-37-23-12-16-41(29(17-23)25-8-6-10-27(35)31(25)36)32(43)39-15-11-22(33(20-39)13-4-5-14-33)19-40-21-38-28(18-30(40)42)24-7-2-3-9-26(24)34/h2-3,6-10,18,21-23,29,37H,4-5,11-17,19-20H2,1H3/t22-,23+,29-/m0/s1. The zero-order valence-electron chi connectivity index (χ0n) is 24.4. The van der Waals surface area contributed by atoms with Gasteiger partial charge in [-0.2, -0.15) is 0 Å². The minimum Gasteiger partial charge on any atom is -0.324 e. The molecule has 1 aliphatic carbocycles. The monoisotopic (exact) mass is 593 g/mol. The molecule has 3 atom stereocenters. The van der Waals surface area contributed by atoms with Gasteiger partial charge in [0, 0.05) is 49.4 Å². The van der Waals surface area contributed by atoms with Crippen LogP contribution in [-0.4, -0.2) is 58.1 Å². The third-order valence-corrected chi connectivity index (χ3v) is 10.0. The van der Waals surface area contributed by atoms with E-state index < -0.39 is 23.5 Å². The molecular weight excluding hydrogens is 555 g/mol. The highest BCUT2D eigenvalue weighted by atomic mass is 19.2. The van der Waals surface area contributed by atoms with Crippen LogP contribution in [0.3, 0.4) is 0 Å². The Morgan fingerprint density at radius 2 is 1.79 bits per heavy atom. The summed E-state index contributed by atoms with van der Waals surface area (Å²) in [6, 6.07) is 11.2. The summed E-state index contributed by atoms with van der Waals surface area (Å²) >= 11 is 0. The first-order valence-corrected chi connectivity index (χ1v) is 15.3. The Balaban J connectivity index is 1.21. The van der Waals surface area contributed by atoms with E-state index in [9.17, 15) is 22.8 Å². The average molecular weight is 594 g/mol. The molecule has 1 aromatic heterocycles. The number of halogens is 3. The molecule has 0 unspecified atom stereocenters. The summed E-state index contributed by atoms with van der Waals surface area (Å²) in [5, 5.41) is 3.25. The molecule has 7 nitrogen and oxygen atoms in total. The van der Waals surface area contributed by atoms with Gasteiger partial charge in [-0.3, -0.25) is 9.36 Å². The van der Waals surface area contributed by atoms with Crippen LogP contribution in [0.25, 0.3) is 11.3 Å². The van der Waals surface area contributed by atoms with Gasteiger partial charge in [-0.1, -0.05) is 37.1 Å².